The Morgan fingerprint density at radius 3 is 2.23 bits per heavy atom. The van der Waals surface area contributed by atoms with E-state index in [1.807, 2.05) is 32.9 Å². The molecule has 1 rings (SSSR count). The van der Waals surface area contributed by atoms with Gasteiger partial charge in [0.05, 0.1) is 14.2 Å². The van der Waals surface area contributed by atoms with Crippen LogP contribution in [0.25, 0.3) is 0 Å². The lowest BCUT2D eigenvalue weighted by Crippen LogP contribution is -2.35. The van der Waals surface area contributed by atoms with Crippen molar-refractivity contribution < 1.29 is 19.0 Å². The molecule has 0 aliphatic carbocycles. The van der Waals surface area contributed by atoms with Crippen LogP contribution in [0.4, 0.5) is 4.79 Å². The average molecular weight is 327 g/mol. The maximum atomic E-state index is 11.9. The van der Waals surface area contributed by atoms with Gasteiger partial charge in [0, 0.05) is 18.5 Å². The number of ether oxygens (including phenoxy) is 3. The van der Waals surface area contributed by atoms with Crippen LogP contribution in [0.3, 0.4) is 0 Å². The normalized spacial score (nSPS) is 11.0. The highest BCUT2D eigenvalue weighted by atomic mass is 32.1. The zero-order valence-corrected chi connectivity index (χ0v) is 15.0. The van der Waals surface area contributed by atoms with Gasteiger partial charge >= 0.3 is 6.09 Å². The average Bonchev–Trinajstić information content (AvgIpc) is 2.43. The Hall–Kier alpha value is -1.56. The first-order valence-corrected chi connectivity index (χ1v) is 7.50. The molecule has 0 spiro atoms. The molecule has 0 bridgehead atoms. The van der Waals surface area contributed by atoms with E-state index >= 15 is 0 Å². The maximum absolute atomic E-state index is 11.9. The van der Waals surface area contributed by atoms with Crippen LogP contribution in [0, 0.1) is 0 Å². The summed E-state index contributed by atoms with van der Waals surface area (Å²) < 4.78 is 15.8. The van der Waals surface area contributed by atoms with Gasteiger partial charge in [0.1, 0.15) is 5.60 Å². The van der Waals surface area contributed by atoms with Crippen molar-refractivity contribution in [3.63, 3.8) is 0 Å². The van der Waals surface area contributed by atoms with Crippen molar-refractivity contribution in [1.82, 2.24) is 4.90 Å². The summed E-state index contributed by atoms with van der Waals surface area (Å²) in [6.07, 6.45) is 0.309. The molecule has 6 heteroatoms. The number of methoxy groups -OCH3 is 2. The Kier molecular flexibility index (Phi) is 6.41. The number of rotatable bonds is 5. The number of nitrogens with zero attached hydrogens (tertiary/aromatic N) is 1. The molecule has 5 nitrogen and oxygen atoms in total. The summed E-state index contributed by atoms with van der Waals surface area (Å²) in [5, 5.41) is 0. The smallest absolute Gasteiger partial charge is 0.410 e. The van der Waals surface area contributed by atoms with Gasteiger partial charge in [-0.15, -0.1) is 12.6 Å². The molecule has 1 amide bonds. The molecular formula is C16H25NO4S. The van der Waals surface area contributed by atoms with Crippen molar-refractivity contribution in [3.05, 3.63) is 17.7 Å². The van der Waals surface area contributed by atoms with Crippen LogP contribution in [-0.2, 0) is 11.2 Å². The Bertz CT molecular complexity index is 526. The Balaban J connectivity index is 2.74. The number of carbonyl (C=O) groups excluding carboxylic acids is 1. The maximum Gasteiger partial charge on any atom is 0.410 e. The van der Waals surface area contributed by atoms with Gasteiger partial charge < -0.3 is 19.1 Å². The number of likely N-dealkylation sites (N-methyl/N-ethyl adjacent to an activating group) is 1. The molecule has 1 aromatic carbocycles. The molecule has 0 atom stereocenters. The van der Waals surface area contributed by atoms with Crippen LogP contribution < -0.4 is 9.47 Å². The molecule has 0 aliphatic rings. The number of hydrogen-bond donors (Lipinski definition) is 1. The number of thiol groups is 1. The fraction of sp³-hybridized carbons (Fsp3) is 0.562. The van der Waals surface area contributed by atoms with Gasteiger partial charge in [-0.05, 0) is 44.9 Å². The molecule has 0 N–H and O–H groups in total. The van der Waals surface area contributed by atoms with E-state index in [9.17, 15) is 4.79 Å². The quantitative estimate of drug-likeness (QED) is 0.842. The molecule has 0 heterocycles. The van der Waals surface area contributed by atoms with Gasteiger partial charge in [0.2, 0.25) is 0 Å². The SMILES string of the molecule is COc1cc(S)c(CCN(C)C(=O)OC(C)(C)C)cc1OC. The van der Waals surface area contributed by atoms with Crippen molar-refractivity contribution in [2.45, 2.75) is 37.7 Å². The van der Waals surface area contributed by atoms with Gasteiger partial charge in [-0.2, -0.15) is 0 Å². The predicted molar refractivity (Wildman–Crippen MR) is 89.4 cm³/mol. The second-order valence-electron chi connectivity index (χ2n) is 5.99. The van der Waals surface area contributed by atoms with E-state index in [1.54, 1.807) is 26.2 Å². The molecule has 0 unspecified atom stereocenters. The number of benzene rings is 1. The van der Waals surface area contributed by atoms with Crippen molar-refractivity contribution in [3.8, 4) is 11.5 Å². The summed E-state index contributed by atoms with van der Waals surface area (Å²) in [6, 6.07) is 3.69. The fourth-order valence-electron chi connectivity index (χ4n) is 1.83. The van der Waals surface area contributed by atoms with Crippen LogP contribution >= 0.6 is 12.6 Å². The van der Waals surface area contributed by atoms with E-state index in [2.05, 4.69) is 12.6 Å². The zero-order valence-electron chi connectivity index (χ0n) is 14.1. The standard InChI is InChI=1S/C16H25NO4S/c1-16(2,3)21-15(18)17(4)8-7-11-9-12(19-5)13(20-6)10-14(11)22/h9-10,22H,7-8H2,1-6H3. The molecule has 0 aliphatic heterocycles. The summed E-state index contributed by atoms with van der Waals surface area (Å²) in [5.74, 6) is 1.28. The molecule has 0 saturated carbocycles. The lowest BCUT2D eigenvalue weighted by atomic mass is 10.1. The van der Waals surface area contributed by atoms with E-state index in [4.69, 9.17) is 14.2 Å². The van der Waals surface area contributed by atoms with Crippen LogP contribution in [0.2, 0.25) is 0 Å². The highest BCUT2D eigenvalue weighted by Crippen LogP contribution is 2.32. The van der Waals surface area contributed by atoms with Gasteiger partial charge in [-0.3, -0.25) is 0 Å². The summed E-state index contributed by atoms with van der Waals surface area (Å²) in [4.78, 5) is 14.3. The zero-order chi connectivity index (χ0) is 16.9. The third-order valence-electron chi connectivity index (χ3n) is 3.01. The Labute approximate surface area is 137 Å². The number of carbonyl (C=O) groups is 1. The second-order valence-corrected chi connectivity index (χ2v) is 6.47. The van der Waals surface area contributed by atoms with Crippen molar-refractivity contribution in [1.29, 1.82) is 0 Å². The van der Waals surface area contributed by atoms with Crippen molar-refractivity contribution >= 4 is 18.7 Å². The topological polar surface area (TPSA) is 48.0 Å². The summed E-state index contributed by atoms with van der Waals surface area (Å²) in [7, 11) is 4.89. The third kappa shape index (κ3) is 5.33. The molecule has 22 heavy (non-hydrogen) atoms. The van der Waals surface area contributed by atoms with Crippen LogP contribution in [0.1, 0.15) is 26.3 Å². The Morgan fingerprint density at radius 2 is 1.73 bits per heavy atom. The monoisotopic (exact) mass is 327 g/mol. The van der Waals surface area contributed by atoms with E-state index < -0.39 is 5.60 Å². The van der Waals surface area contributed by atoms with E-state index in [-0.39, 0.29) is 6.09 Å². The minimum Gasteiger partial charge on any atom is -0.493 e. The molecule has 0 aromatic heterocycles. The molecule has 0 fully saturated rings. The molecular weight excluding hydrogens is 302 g/mol. The molecule has 0 radical (unpaired) electrons. The Morgan fingerprint density at radius 1 is 1.18 bits per heavy atom. The summed E-state index contributed by atoms with van der Waals surface area (Å²) in [6.45, 7) is 6.06. The van der Waals surface area contributed by atoms with E-state index in [1.165, 1.54) is 0 Å². The largest absolute Gasteiger partial charge is 0.493 e. The summed E-state index contributed by atoms with van der Waals surface area (Å²) >= 11 is 4.46. The highest BCUT2D eigenvalue weighted by molar-refractivity contribution is 7.80. The lowest BCUT2D eigenvalue weighted by Gasteiger charge is -2.24. The molecule has 0 saturated heterocycles. The number of amides is 1. The van der Waals surface area contributed by atoms with Gasteiger partial charge in [0.15, 0.2) is 11.5 Å². The first-order chi connectivity index (χ1) is 10.2. The van der Waals surface area contributed by atoms with Crippen molar-refractivity contribution in [2.24, 2.45) is 0 Å². The van der Waals surface area contributed by atoms with Crippen molar-refractivity contribution in [2.75, 3.05) is 27.8 Å². The third-order valence-corrected chi connectivity index (χ3v) is 3.42. The van der Waals surface area contributed by atoms with Gasteiger partial charge in [-0.25, -0.2) is 4.79 Å². The first-order valence-electron chi connectivity index (χ1n) is 7.06. The van der Waals surface area contributed by atoms with E-state index in [0.29, 0.717) is 24.5 Å². The summed E-state index contributed by atoms with van der Waals surface area (Å²) in [5.41, 5.74) is 0.486. The fourth-order valence-corrected chi connectivity index (χ4v) is 2.12. The second kappa shape index (κ2) is 7.63. The van der Waals surface area contributed by atoms with E-state index in [0.717, 1.165) is 10.5 Å². The van der Waals surface area contributed by atoms with Crippen LogP contribution in [-0.4, -0.2) is 44.4 Å². The molecule has 1 aromatic rings. The highest BCUT2D eigenvalue weighted by Gasteiger charge is 2.19. The molecule has 124 valence electrons. The van der Waals surface area contributed by atoms with Crippen LogP contribution in [0.15, 0.2) is 17.0 Å². The minimum atomic E-state index is -0.497. The number of hydrogen-bond acceptors (Lipinski definition) is 5. The van der Waals surface area contributed by atoms with Gasteiger partial charge in [0.25, 0.3) is 0 Å². The van der Waals surface area contributed by atoms with Gasteiger partial charge in [-0.1, -0.05) is 0 Å². The van der Waals surface area contributed by atoms with Crippen LogP contribution in [0.5, 0.6) is 11.5 Å². The lowest BCUT2D eigenvalue weighted by molar-refractivity contribution is 0.0300. The first kappa shape index (κ1) is 18.5. The predicted octanol–water partition coefficient (Wildman–Crippen LogP) is 3.40. The minimum absolute atomic E-state index is 0.339.